The van der Waals surface area contributed by atoms with Gasteiger partial charge in [-0.05, 0) is 48.6 Å². The summed E-state index contributed by atoms with van der Waals surface area (Å²) in [5, 5.41) is 0. The highest BCUT2D eigenvalue weighted by molar-refractivity contribution is 8.00. The van der Waals surface area contributed by atoms with E-state index in [0.717, 1.165) is 12.8 Å². The Morgan fingerprint density at radius 1 is 1.29 bits per heavy atom. The lowest BCUT2D eigenvalue weighted by molar-refractivity contribution is -0.120. The van der Waals surface area contributed by atoms with Crippen molar-refractivity contribution >= 4 is 29.3 Å². The zero-order chi connectivity index (χ0) is 19.2. The molecule has 6 rings (SSSR count). The van der Waals surface area contributed by atoms with Gasteiger partial charge in [-0.3, -0.25) is 19.3 Å². The number of nitrogens with zero attached hydrogens (tertiary/aromatic N) is 2. The number of fused-ring (bicyclic) bond motifs is 2. The predicted molar refractivity (Wildman–Crippen MR) is 101 cm³/mol. The summed E-state index contributed by atoms with van der Waals surface area (Å²) in [5.74, 6) is -1.26. The van der Waals surface area contributed by atoms with Crippen LogP contribution in [0.3, 0.4) is 0 Å². The van der Waals surface area contributed by atoms with Crippen molar-refractivity contribution in [3.63, 3.8) is 0 Å². The minimum Gasteiger partial charge on any atom is -0.494 e. The van der Waals surface area contributed by atoms with Gasteiger partial charge in [0.1, 0.15) is 10.7 Å². The molecule has 8 heteroatoms. The van der Waals surface area contributed by atoms with Gasteiger partial charge in [-0.2, -0.15) is 0 Å². The third-order valence-electron chi connectivity index (χ3n) is 6.17. The van der Waals surface area contributed by atoms with E-state index in [4.69, 9.17) is 4.74 Å². The molecule has 3 fully saturated rings. The maximum atomic E-state index is 15.2. The molecule has 1 saturated heterocycles. The number of carbonyl (C=O) groups excluding carboxylic acids is 2. The fourth-order valence-corrected chi connectivity index (χ4v) is 6.28. The smallest absolute Gasteiger partial charge is 0.237 e. The van der Waals surface area contributed by atoms with Crippen LogP contribution in [-0.2, 0) is 4.79 Å². The number of nitrogens with one attached hydrogen (secondary N) is 1. The number of rotatable bonds is 3. The van der Waals surface area contributed by atoms with E-state index < -0.39 is 22.5 Å². The molecule has 0 radical (unpaired) electrons. The van der Waals surface area contributed by atoms with Crippen LogP contribution in [0.2, 0.25) is 0 Å². The monoisotopic (exact) mass is 397 g/mol. The topological polar surface area (TPSA) is 71.5 Å². The van der Waals surface area contributed by atoms with Crippen LogP contribution in [0, 0.1) is 17.7 Å². The fraction of sp³-hybridized carbons (Fsp3) is 0.350. The molecular weight excluding hydrogens is 381 g/mol. The number of ether oxygens (including phenoxy) is 1. The lowest BCUT2D eigenvalue weighted by Gasteiger charge is -2.38. The first kappa shape index (κ1) is 16.4. The molecule has 1 amide bonds. The van der Waals surface area contributed by atoms with Crippen molar-refractivity contribution in [2.24, 2.45) is 11.8 Å². The van der Waals surface area contributed by atoms with Gasteiger partial charge >= 0.3 is 0 Å². The Bertz CT molecular complexity index is 1060. The third-order valence-corrected chi connectivity index (χ3v) is 7.51. The highest BCUT2D eigenvalue weighted by Gasteiger charge is 2.82. The molecule has 2 aromatic rings. The Morgan fingerprint density at radius 2 is 2.04 bits per heavy atom. The first-order chi connectivity index (χ1) is 13.6. The molecule has 2 aliphatic heterocycles. The maximum Gasteiger partial charge on any atom is 0.237 e. The predicted octanol–water partition coefficient (Wildman–Crippen LogP) is 2.78. The molecule has 142 valence electrons. The average Bonchev–Trinajstić information content (AvgIpc) is 3.61. The lowest BCUT2D eigenvalue weighted by Crippen LogP contribution is -2.44. The van der Waals surface area contributed by atoms with Gasteiger partial charge in [0.05, 0.1) is 30.2 Å². The third kappa shape index (κ3) is 1.81. The first-order valence-electron chi connectivity index (χ1n) is 9.22. The van der Waals surface area contributed by atoms with Gasteiger partial charge in [-0.15, -0.1) is 0 Å². The molecule has 28 heavy (non-hydrogen) atoms. The van der Waals surface area contributed by atoms with Crippen LogP contribution >= 0.6 is 11.9 Å². The molecule has 1 spiro atoms. The summed E-state index contributed by atoms with van der Waals surface area (Å²) in [4.78, 5) is 31.1. The van der Waals surface area contributed by atoms with Gasteiger partial charge in [0.15, 0.2) is 11.5 Å². The van der Waals surface area contributed by atoms with Crippen LogP contribution in [0.4, 0.5) is 10.1 Å². The molecule has 1 aromatic heterocycles. The normalized spacial score (nSPS) is 29.7. The summed E-state index contributed by atoms with van der Waals surface area (Å²) in [6, 6.07) is 4.98. The summed E-state index contributed by atoms with van der Waals surface area (Å²) in [5.41, 5.74) is 1.88. The van der Waals surface area contributed by atoms with Gasteiger partial charge in [-0.1, -0.05) is 0 Å². The van der Waals surface area contributed by atoms with E-state index in [9.17, 15) is 9.59 Å². The Balaban J connectivity index is 1.64. The van der Waals surface area contributed by atoms with E-state index in [1.807, 2.05) is 0 Å². The van der Waals surface area contributed by atoms with Crippen LogP contribution in [0.15, 0.2) is 30.6 Å². The number of ketones is 1. The van der Waals surface area contributed by atoms with E-state index >= 15 is 4.39 Å². The molecule has 2 saturated carbocycles. The van der Waals surface area contributed by atoms with Crippen molar-refractivity contribution in [2.45, 2.75) is 23.8 Å². The zero-order valence-electron chi connectivity index (χ0n) is 14.9. The zero-order valence-corrected chi connectivity index (χ0v) is 15.8. The van der Waals surface area contributed by atoms with Crippen molar-refractivity contribution in [1.29, 1.82) is 0 Å². The average molecular weight is 397 g/mol. The van der Waals surface area contributed by atoms with Crippen molar-refractivity contribution < 1.29 is 18.7 Å². The van der Waals surface area contributed by atoms with E-state index in [-0.39, 0.29) is 17.7 Å². The summed E-state index contributed by atoms with van der Waals surface area (Å²) in [6.07, 6.45) is 5.15. The quantitative estimate of drug-likeness (QED) is 0.803. The van der Waals surface area contributed by atoms with Crippen LogP contribution < -0.4 is 14.4 Å². The van der Waals surface area contributed by atoms with Gasteiger partial charge in [0.2, 0.25) is 5.91 Å². The Kier molecular flexibility index (Phi) is 3.07. The summed E-state index contributed by atoms with van der Waals surface area (Å²) in [6.45, 7) is 0. The largest absolute Gasteiger partial charge is 0.494 e. The molecule has 3 unspecified atom stereocenters. The molecule has 0 bridgehead atoms. The number of anilines is 1. The molecule has 1 aromatic carbocycles. The van der Waals surface area contributed by atoms with Gasteiger partial charge in [-0.25, -0.2) is 4.39 Å². The van der Waals surface area contributed by atoms with E-state index in [2.05, 4.69) is 14.6 Å². The lowest BCUT2D eigenvalue weighted by atomic mass is 9.93. The minimum atomic E-state index is -0.608. The van der Waals surface area contributed by atoms with Crippen molar-refractivity contribution in [3.05, 3.63) is 42.0 Å². The Morgan fingerprint density at radius 3 is 2.71 bits per heavy atom. The highest BCUT2D eigenvalue weighted by atomic mass is 32.2. The number of pyridine rings is 1. The number of halogens is 1. The van der Waals surface area contributed by atoms with Crippen LogP contribution in [0.1, 0.15) is 23.2 Å². The van der Waals surface area contributed by atoms with E-state index in [1.54, 1.807) is 24.5 Å². The second kappa shape index (κ2) is 5.26. The van der Waals surface area contributed by atoms with Crippen LogP contribution in [0.5, 0.6) is 5.75 Å². The second-order valence-corrected chi connectivity index (χ2v) is 8.70. The molecule has 3 atom stereocenters. The minimum absolute atomic E-state index is 0.115. The number of Topliss-reactive ketones (excluding diaryl/α,β-unsaturated/α-hetero) is 1. The molecule has 6 nitrogen and oxygen atoms in total. The van der Waals surface area contributed by atoms with Crippen molar-refractivity contribution in [1.82, 2.24) is 9.71 Å². The highest BCUT2D eigenvalue weighted by Crippen LogP contribution is 2.72. The summed E-state index contributed by atoms with van der Waals surface area (Å²) >= 11 is 1.33. The van der Waals surface area contributed by atoms with Crippen LogP contribution in [0.25, 0.3) is 11.1 Å². The van der Waals surface area contributed by atoms with Crippen LogP contribution in [-0.4, -0.2) is 34.7 Å². The summed E-state index contributed by atoms with van der Waals surface area (Å²) < 4.78 is 23.7. The Hall–Kier alpha value is -2.61. The van der Waals surface area contributed by atoms with Crippen molar-refractivity contribution in [2.75, 3.05) is 12.0 Å². The number of carbonyl (C=O) groups is 2. The number of hydrogen-bond acceptors (Lipinski definition) is 6. The number of aromatic nitrogens is 1. The van der Waals surface area contributed by atoms with Crippen molar-refractivity contribution in [3.8, 4) is 16.9 Å². The van der Waals surface area contributed by atoms with Gasteiger partial charge < -0.3 is 9.64 Å². The molecule has 1 N–H and O–H groups in total. The molecule has 2 aliphatic carbocycles. The SMILES string of the molecule is COc1c(-c2ccncc2)c(F)cc2c1N(C1CC1)C13SNC(=O)C1C3C2=O. The number of hydrogen-bond donors (Lipinski definition) is 1. The number of amides is 1. The molecule has 4 aliphatic rings. The van der Waals surface area contributed by atoms with E-state index in [1.165, 1.54) is 25.1 Å². The standard InChI is InChI=1S/C20H16FN3O3S/c1-27-18-13(9-4-6-22-7-5-9)12(21)8-11-16(18)24(10-2-3-10)20-14(17(11)25)15(20)19(26)23-28-20/h4-8,10,14-15H,2-3H2,1H3,(H,23,26). The summed E-state index contributed by atoms with van der Waals surface area (Å²) in [7, 11) is 1.49. The second-order valence-electron chi connectivity index (χ2n) is 7.64. The fourth-order valence-electron chi connectivity index (χ4n) is 4.87. The van der Waals surface area contributed by atoms with Gasteiger partial charge in [0.25, 0.3) is 0 Å². The molecular formula is C20H16FN3O3S. The first-order valence-corrected chi connectivity index (χ1v) is 10.0. The Labute approximate surface area is 164 Å². The molecule has 3 heterocycles. The number of methoxy groups -OCH3 is 1. The number of benzene rings is 1. The van der Waals surface area contributed by atoms with Gasteiger partial charge in [0, 0.05) is 24.0 Å². The maximum absolute atomic E-state index is 15.2. The van der Waals surface area contributed by atoms with E-state index in [0.29, 0.717) is 28.1 Å².